The van der Waals surface area contributed by atoms with Crippen LogP contribution in [0.3, 0.4) is 0 Å². The second kappa shape index (κ2) is 7.07. The second-order valence-electron chi connectivity index (χ2n) is 4.31. The first kappa shape index (κ1) is 13.7. The number of hydrogen-bond donors (Lipinski definition) is 2. The van der Waals surface area contributed by atoms with E-state index < -0.39 is 0 Å². The van der Waals surface area contributed by atoms with Crippen LogP contribution >= 0.6 is 0 Å². The molecule has 17 heavy (non-hydrogen) atoms. The highest BCUT2D eigenvalue weighted by Gasteiger charge is 2.04. The van der Waals surface area contributed by atoms with Crippen LogP contribution in [0, 0.1) is 0 Å². The summed E-state index contributed by atoms with van der Waals surface area (Å²) < 4.78 is 0. The Morgan fingerprint density at radius 3 is 2.53 bits per heavy atom. The number of carbonyl (C=O) groups excluding carboxylic acids is 1. The second-order valence-corrected chi connectivity index (χ2v) is 4.31. The zero-order valence-corrected chi connectivity index (χ0v) is 10.6. The van der Waals surface area contributed by atoms with Crippen molar-refractivity contribution >= 4 is 11.6 Å². The highest BCUT2D eigenvalue weighted by Crippen LogP contribution is 2.20. The van der Waals surface area contributed by atoms with Gasteiger partial charge in [-0.3, -0.25) is 4.79 Å². The van der Waals surface area contributed by atoms with Gasteiger partial charge in [0.2, 0.25) is 5.91 Å². The first-order valence-electron chi connectivity index (χ1n) is 6.18. The lowest BCUT2D eigenvalue weighted by Crippen LogP contribution is -2.11. The molecule has 0 heterocycles. The molecule has 0 aromatic heterocycles. The van der Waals surface area contributed by atoms with E-state index in [1.807, 2.05) is 12.1 Å². The maximum absolute atomic E-state index is 11.4. The van der Waals surface area contributed by atoms with Crippen molar-refractivity contribution in [2.24, 2.45) is 0 Å². The van der Waals surface area contributed by atoms with Gasteiger partial charge in [-0.05, 0) is 36.5 Å². The molecule has 0 saturated carbocycles. The third-order valence-electron chi connectivity index (χ3n) is 2.94. The van der Waals surface area contributed by atoms with Gasteiger partial charge in [-0.15, -0.1) is 0 Å². The van der Waals surface area contributed by atoms with Crippen LogP contribution in [0.5, 0.6) is 0 Å². The minimum Gasteiger partial charge on any atom is -0.396 e. The minimum atomic E-state index is -0.0460. The van der Waals surface area contributed by atoms with E-state index in [9.17, 15) is 4.79 Å². The van der Waals surface area contributed by atoms with E-state index in [1.54, 1.807) is 0 Å². The van der Waals surface area contributed by atoms with Crippen molar-refractivity contribution in [3.05, 3.63) is 29.8 Å². The minimum absolute atomic E-state index is 0.0460. The molecular formula is C14H21NO2. The van der Waals surface area contributed by atoms with Crippen molar-refractivity contribution in [3.8, 4) is 0 Å². The third kappa shape index (κ3) is 4.57. The molecule has 1 aromatic carbocycles. The summed E-state index contributed by atoms with van der Waals surface area (Å²) in [6, 6.07) is 7.96. The fraction of sp³-hybridized carbons (Fsp3) is 0.500. The van der Waals surface area contributed by atoms with Crippen molar-refractivity contribution in [1.29, 1.82) is 0 Å². The number of rotatable bonds is 6. The molecule has 0 spiro atoms. The van der Waals surface area contributed by atoms with E-state index in [0.717, 1.165) is 12.1 Å². The average Bonchev–Trinajstić information content (AvgIpc) is 2.36. The number of benzene rings is 1. The highest BCUT2D eigenvalue weighted by atomic mass is 16.3. The van der Waals surface area contributed by atoms with E-state index in [4.69, 9.17) is 5.11 Å². The molecule has 1 atom stereocenters. The molecule has 1 unspecified atom stereocenters. The van der Waals surface area contributed by atoms with Gasteiger partial charge in [0.15, 0.2) is 0 Å². The molecule has 0 aliphatic rings. The molecule has 0 radical (unpaired) electrons. The number of aliphatic hydroxyl groups excluding tert-OH is 1. The van der Waals surface area contributed by atoms with Gasteiger partial charge in [-0.1, -0.05) is 26.0 Å². The van der Waals surface area contributed by atoms with Crippen molar-refractivity contribution in [2.45, 2.75) is 39.0 Å². The third-order valence-corrected chi connectivity index (χ3v) is 2.94. The fourth-order valence-corrected chi connectivity index (χ4v) is 1.59. The molecule has 3 nitrogen and oxygen atoms in total. The molecule has 2 N–H and O–H groups in total. The van der Waals surface area contributed by atoms with Crippen LogP contribution in [0.4, 0.5) is 5.69 Å². The van der Waals surface area contributed by atoms with Crippen LogP contribution in [0.2, 0.25) is 0 Å². The molecule has 94 valence electrons. The lowest BCUT2D eigenvalue weighted by molar-refractivity contribution is -0.116. The van der Waals surface area contributed by atoms with Crippen LogP contribution in [0.25, 0.3) is 0 Å². The molecular weight excluding hydrogens is 214 g/mol. The summed E-state index contributed by atoms with van der Waals surface area (Å²) in [7, 11) is 0. The monoisotopic (exact) mass is 235 g/mol. The summed E-state index contributed by atoms with van der Waals surface area (Å²) in [4.78, 5) is 11.4. The van der Waals surface area contributed by atoms with Crippen LogP contribution < -0.4 is 5.32 Å². The summed E-state index contributed by atoms with van der Waals surface area (Å²) in [6.07, 6.45) is 1.99. The number of nitrogens with one attached hydrogen (secondary N) is 1. The van der Waals surface area contributed by atoms with Crippen LogP contribution in [-0.4, -0.2) is 17.6 Å². The lowest BCUT2D eigenvalue weighted by atomic mass is 9.99. The number of carbonyl (C=O) groups is 1. The van der Waals surface area contributed by atoms with Gasteiger partial charge < -0.3 is 10.4 Å². The molecule has 0 aliphatic heterocycles. The van der Waals surface area contributed by atoms with Gasteiger partial charge >= 0.3 is 0 Å². The summed E-state index contributed by atoms with van der Waals surface area (Å²) in [5, 5.41) is 11.4. The van der Waals surface area contributed by atoms with E-state index in [-0.39, 0.29) is 12.5 Å². The Morgan fingerprint density at radius 1 is 1.35 bits per heavy atom. The van der Waals surface area contributed by atoms with Gasteiger partial charge in [0.05, 0.1) is 0 Å². The maximum atomic E-state index is 11.4. The van der Waals surface area contributed by atoms with E-state index in [1.165, 1.54) is 5.56 Å². The number of aliphatic hydroxyl groups is 1. The van der Waals surface area contributed by atoms with Crippen molar-refractivity contribution < 1.29 is 9.90 Å². The molecule has 0 saturated heterocycles. The Kier molecular flexibility index (Phi) is 5.70. The fourth-order valence-electron chi connectivity index (χ4n) is 1.59. The maximum Gasteiger partial charge on any atom is 0.224 e. The standard InChI is InChI=1S/C14H21NO2/c1-3-11(2)12-6-8-13(9-7-12)15-14(17)5-4-10-16/h6-9,11,16H,3-5,10H2,1-2H3,(H,15,17). The van der Waals surface area contributed by atoms with Crippen molar-refractivity contribution in [3.63, 3.8) is 0 Å². The van der Waals surface area contributed by atoms with Gasteiger partial charge in [0.25, 0.3) is 0 Å². The SMILES string of the molecule is CCC(C)c1ccc(NC(=O)CCCO)cc1. The molecule has 0 aliphatic carbocycles. The van der Waals surface area contributed by atoms with Crippen molar-refractivity contribution in [1.82, 2.24) is 0 Å². The predicted molar refractivity (Wildman–Crippen MR) is 70.1 cm³/mol. The predicted octanol–water partition coefficient (Wildman–Crippen LogP) is 2.91. The number of amides is 1. The summed E-state index contributed by atoms with van der Waals surface area (Å²) in [5.74, 6) is 0.504. The first-order chi connectivity index (χ1) is 8.17. The topological polar surface area (TPSA) is 49.3 Å². The number of hydrogen-bond acceptors (Lipinski definition) is 2. The van der Waals surface area contributed by atoms with Crippen LogP contribution in [0.1, 0.15) is 44.6 Å². The van der Waals surface area contributed by atoms with Crippen LogP contribution in [0.15, 0.2) is 24.3 Å². The van der Waals surface area contributed by atoms with Gasteiger partial charge in [0.1, 0.15) is 0 Å². The summed E-state index contributed by atoms with van der Waals surface area (Å²) in [6.45, 7) is 4.41. The van der Waals surface area contributed by atoms with E-state index in [2.05, 4.69) is 31.3 Å². The van der Waals surface area contributed by atoms with Gasteiger partial charge in [0, 0.05) is 18.7 Å². The average molecular weight is 235 g/mol. The Labute approximate surface area is 103 Å². The van der Waals surface area contributed by atoms with Crippen molar-refractivity contribution in [2.75, 3.05) is 11.9 Å². The normalized spacial score (nSPS) is 12.2. The zero-order valence-electron chi connectivity index (χ0n) is 10.6. The highest BCUT2D eigenvalue weighted by molar-refractivity contribution is 5.90. The van der Waals surface area contributed by atoms with Gasteiger partial charge in [-0.2, -0.15) is 0 Å². The Bertz CT molecular complexity index is 346. The molecule has 3 heteroatoms. The summed E-state index contributed by atoms with van der Waals surface area (Å²) >= 11 is 0. The Hall–Kier alpha value is -1.35. The van der Waals surface area contributed by atoms with E-state index >= 15 is 0 Å². The molecule has 0 bridgehead atoms. The smallest absolute Gasteiger partial charge is 0.224 e. The largest absolute Gasteiger partial charge is 0.396 e. The lowest BCUT2D eigenvalue weighted by Gasteiger charge is -2.10. The van der Waals surface area contributed by atoms with Gasteiger partial charge in [-0.25, -0.2) is 0 Å². The quantitative estimate of drug-likeness (QED) is 0.796. The molecule has 1 aromatic rings. The Morgan fingerprint density at radius 2 is 2.00 bits per heavy atom. The molecule has 1 amide bonds. The zero-order chi connectivity index (χ0) is 12.7. The number of anilines is 1. The van der Waals surface area contributed by atoms with Crippen LogP contribution in [-0.2, 0) is 4.79 Å². The Balaban J connectivity index is 2.53. The van der Waals surface area contributed by atoms with E-state index in [0.29, 0.717) is 18.8 Å². The first-order valence-corrected chi connectivity index (χ1v) is 6.18. The molecule has 0 fully saturated rings. The summed E-state index contributed by atoms with van der Waals surface area (Å²) in [5.41, 5.74) is 2.11. The molecule has 1 rings (SSSR count).